The summed E-state index contributed by atoms with van der Waals surface area (Å²) in [6.07, 6.45) is 0.449. The molecule has 6 heteroatoms. The summed E-state index contributed by atoms with van der Waals surface area (Å²) in [6.45, 7) is 0.447. The van der Waals surface area contributed by atoms with Gasteiger partial charge in [0, 0.05) is 17.2 Å². The van der Waals surface area contributed by atoms with Gasteiger partial charge in [-0.1, -0.05) is 60.7 Å². The van der Waals surface area contributed by atoms with E-state index in [0.717, 1.165) is 21.5 Å². The maximum atomic E-state index is 11.6. The molecule has 0 aromatic heterocycles. The molecule has 0 fully saturated rings. The van der Waals surface area contributed by atoms with Crippen LogP contribution in [-0.4, -0.2) is 35.4 Å². The van der Waals surface area contributed by atoms with E-state index in [4.69, 9.17) is 9.47 Å². The summed E-state index contributed by atoms with van der Waals surface area (Å²) >= 11 is 0. The molecule has 31 heavy (non-hydrogen) atoms. The quantitative estimate of drug-likeness (QED) is 0.382. The van der Waals surface area contributed by atoms with Crippen LogP contribution in [-0.2, 0) is 0 Å². The standard InChI is InChI=1S/C25H20O6/c26-24(27)20-12-10-16-6-1-3-8-18(16)22(20)30-14-5-15-31-23-19-9-4-2-7-17(19)11-13-21(23)25(28)29/h1-4,6-13H,5,14-15H2,(H,26,27)(H,28,29). The van der Waals surface area contributed by atoms with E-state index in [2.05, 4.69) is 0 Å². The first-order valence-electron chi connectivity index (χ1n) is 9.82. The Bertz CT molecular complexity index is 1180. The monoisotopic (exact) mass is 416 g/mol. The van der Waals surface area contributed by atoms with E-state index < -0.39 is 11.9 Å². The van der Waals surface area contributed by atoms with Crippen LogP contribution in [0.3, 0.4) is 0 Å². The highest BCUT2D eigenvalue weighted by Crippen LogP contribution is 2.31. The van der Waals surface area contributed by atoms with Crippen LogP contribution in [0.4, 0.5) is 0 Å². The number of carboxylic acids is 2. The van der Waals surface area contributed by atoms with Crippen LogP contribution < -0.4 is 9.47 Å². The smallest absolute Gasteiger partial charge is 0.339 e. The third-order valence-electron chi connectivity index (χ3n) is 5.00. The van der Waals surface area contributed by atoms with Crippen LogP contribution in [0, 0.1) is 0 Å². The lowest BCUT2D eigenvalue weighted by atomic mass is 10.1. The summed E-state index contributed by atoms with van der Waals surface area (Å²) in [7, 11) is 0. The van der Waals surface area contributed by atoms with Crippen LogP contribution in [0.15, 0.2) is 72.8 Å². The fraction of sp³-hybridized carbons (Fsp3) is 0.120. The van der Waals surface area contributed by atoms with Crippen molar-refractivity contribution in [2.45, 2.75) is 6.42 Å². The van der Waals surface area contributed by atoms with Crippen molar-refractivity contribution >= 4 is 33.5 Å². The Labute approximate surface area is 178 Å². The Kier molecular flexibility index (Phi) is 5.71. The summed E-state index contributed by atoms with van der Waals surface area (Å²) in [6, 6.07) is 21.4. The van der Waals surface area contributed by atoms with Gasteiger partial charge in [0.2, 0.25) is 0 Å². The Morgan fingerprint density at radius 2 is 1.03 bits per heavy atom. The number of ether oxygens (including phenoxy) is 2. The molecule has 0 aliphatic carbocycles. The predicted octanol–water partition coefficient (Wildman–Crippen LogP) is 5.24. The zero-order chi connectivity index (χ0) is 21.8. The van der Waals surface area contributed by atoms with Crippen LogP contribution >= 0.6 is 0 Å². The minimum atomic E-state index is -1.06. The first-order valence-corrected chi connectivity index (χ1v) is 9.82. The van der Waals surface area contributed by atoms with Crippen molar-refractivity contribution in [3.63, 3.8) is 0 Å². The van der Waals surface area contributed by atoms with Crippen molar-refractivity contribution in [2.75, 3.05) is 13.2 Å². The molecule has 156 valence electrons. The molecular weight excluding hydrogens is 396 g/mol. The molecule has 2 N–H and O–H groups in total. The highest BCUT2D eigenvalue weighted by Gasteiger charge is 2.16. The number of fused-ring (bicyclic) bond motifs is 2. The molecule has 0 radical (unpaired) electrons. The van der Waals surface area contributed by atoms with Gasteiger partial charge in [-0.2, -0.15) is 0 Å². The van der Waals surface area contributed by atoms with Gasteiger partial charge in [-0.05, 0) is 22.9 Å². The Hall–Kier alpha value is -4.06. The van der Waals surface area contributed by atoms with Crippen molar-refractivity contribution in [3.8, 4) is 11.5 Å². The Morgan fingerprint density at radius 1 is 0.613 bits per heavy atom. The van der Waals surface area contributed by atoms with E-state index in [9.17, 15) is 19.8 Å². The number of benzene rings is 4. The minimum absolute atomic E-state index is 0.0989. The van der Waals surface area contributed by atoms with Gasteiger partial charge in [0.25, 0.3) is 0 Å². The second-order valence-corrected chi connectivity index (χ2v) is 6.99. The average Bonchev–Trinajstić information content (AvgIpc) is 2.78. The number of aromatic carboxylic acids is 2. The first kappa shape index (κ1) is 20.2. The maximum absolute atomic E-state index is 11.6. The lowest BCUT2D eigenvalue weighted by molar-refractivity contribution is 0.0682. The van der Waals surface area contributed by atoms with Crippen molar-refractivity contribution in [1.29, 1.82) is 0 Å². The lowest BCUT2D eigenvalue weighted by Crippen LogP contribution is -2.10. The van der Waals surface area contributed by atoms with Gasteiger partial charge in [-0.15, -0.1) is 0 Å². The van der Waals surface area contributed by atoms with E-state index in [1.807, 2.05) is 48.5 Å². The van der Waals surface area contributed by atoms with Gasteiger partial charge in [0.15, 0.2) is 0 Å². The molecule has 0 heterocycles. The van der Waals surface area contributed by atoms with Crippen molar-refractivity contribution in [3.05, 3.63) is 83.9 Å². The second kappa shape index (κ2) is 8.75. The highest BCUT2D eigenvalue weighted by atomic mass is 16.5. The molecule has 0 aliphatic rings. The molecule has 0 aliphatic heterocycles. The molecule has 0 atom stereocenters. The lowest BCUT2D eigenvalue weighted by Gasteiger charge is -2.14. The first-order chi connectivity index (χ1) is 15.1. The molecule has 0 unspecified atom stereocenters. The summed E-state index contributed by atoms with van der Waals surface area (Å²) < 4.78 is 11.7. The SMILES string of the molecule is O=C(O)c1ccc2ccccc2c1OCCCOc1c(C(=O)O)ccc2ccccc12. The number of rotatable bonds is 8. The van der Waals surface area contributed by atoms with Crippen molar-refractivity contribution in [2.24, 2.45) is 0 Å². The molecule has 0 saturated heterocycles. The van der Waals surface area contributed by atoms with Crippen molar-refractivity contribution in [1.82, 2.24) is 0 Å². The predicted molar refractivity (Wildman–Crippen MR) is 117 cm³/mol. The average molecular weight is 416 g/mol. The van der Waals surface area contributed by atoms with Gasteiger partial charge in [-0.25, -0.2) is 9.59 Å². The Morgan fingerprint density at radius 3 is 1.45 bits per heavy atom. The molecule has 6 nitrogen and oxygen atoms in total. The number of carbonyl (C=O) groups is 2. The Balaban J connectivity index is 1.49. The molecule has 4 aromatic rings. The van der Waals surface area contributed by atoms with Crippen molar-refractivity contribution < 1.29 is 29.3 Å². The van der Waals surface area contributed by atoms with E-state index in [0.29, 0.717) is 17.9 Å². The zero-order valence-electron chi connectivity index (χ0n) is 16.6. The molecule has 4 rings (SSSR count). The third kappa shape index (κ3) is 4.14. The molecule has 0 spiro atoms. The fourth-order valence-electron chi connectivity index (χ4n) is 3.54. The molecule has 0 amide bonds. The number of hydrogen-bond donors (Lipinski definition) is 2. The topological polar surface area (TPSA) is 93.1 Å². The summed E-state index contributed by atoms with van der Waals surface area (Å²) in [5, 5.41) is 22.2. The number of hydrogen-bond acceptors (Lipinski definition) is 4. The van der Waals surface area contributed by atoms with Crippen LogP contribution in [0.25, 0.3) is 21.5 Å². The summed E-state index contributed by atoms with van der Waals surface area (Å²) in [5.41, 5.74) is 0.198. The fourth-order valence-corrected chi connectivity index (χ4v) is 3.54. The van der Waals surface area contributed by atoms with Gasteiger partial charge < -0.3 is 19.7 Å². The van der Waals surface area contributed by atoms with E-state index in [1.165, 1.54) is 12.1 Å². The van der Waals surface area contributed by atoms with Gasteiger partial charge in [0.1, 0.15) is 22.6 Å². The van der Waals surface area contributed by atoms with Gasteiger partial charge in [0.05, 0.1) is 13.2 Å². The maximum Gasteiger partial charge on any atom is 0.339 e. The zero-order valence-corrected chi connectivity index (χ0v) is 16.6. The highest BCUT2D eigenvalue weighted by molar-refractivity contribution is 6.01. The largest absolute Gasteiger partial charge is 0.492 e. The van der Waals surface area contributed by atoms with Gasteiger partial charge >= 0.3 is 11.9 Å². The van der Waals surface area contributed by atoms with Crippen LogP contribution in [0.2, 0.25) is 0 Å². The molecular formula is C25H20O6. The van der Waals surface area contributed by atoms with E-state index in [-0.39, 0.29) is 24.3 Å². The van der Waals surface area contributed by atoms with Gasteiger partial charge in [-0.3, -0.25) is 0 Å². The second-order valence-electron chi connectivity index (χ2n) is 6.99. The number of carboxylic acid groups (broad SMARTS) is 2. The minimum Gasteiger partial charge on any atom is -0.492 e. The normalized spacial score (nSPS) is 10.8. The summed E-state index contributed by atoms with van der Waals surface area (Å²) in [4.78, 5) is 23.2. The third-order valence-corrected chi connectivity index (χ3v) is 5.00. The molecule has 0 bridgehead atoms. The molecule has 0 saturated carbocycles. The van der Waals surface area contributed by atoms with E-state index >= 15 is 0 Å². The van der Waals surface area contributed by atoms with E-state index in [1.54, 1.807) is 12.1 Å². The van der Waals surface area contributed by atoms with Crippen LogP contribution in [0.1, 0.15) is 27.1 Å². The van der Waals surface area contributed by atoms with Crippen LogP contribution in [0.5, 0.6) is 11.5 Å². The molecule has 4 aromatic carbocycles. The summed E-state index contributed by atoms with van der Waals surface area (Å²) in [5.74, 6) is -1.47.